The lowest BCUT2D eigenvalue weighted by molar-refractivity contribution is -0.870. The van der Waals surface area contributed by atoms with Gasteiger partial charge in [0.05, 0.1) is 39.9 Å². The van der Waals surface area contributed by atoms with Gasteiger partial charge in [0, 0.05) is 6.42 Å². The fourth-order valence-electron chi connectivity index (χ4n) is 12.1. The van der Waals surface area contributed by atoms with Crippen LogP contribution in [0.3, 0.4) is 0 Å². The Labute approximate surface area is 526 Å². The van der Waals surface area contributed by atoms with Crippen molar-refractivity contribution in [2.45, 2.75) is 424 Å². The van der Waals surface area contributed by atoms with E-state index in [4.69, 9.17) is 9.05 Å². The molecule has 3 unspecified atom stereocenters. The fourth-order valence-corrected chi connectivity index (χ4v) is 12.8. The van der Waals surface area contributed by atoms with E-state index in [9.17, 15) is 19.4 Å². The second-order valence-corrected chi connectivity index (χ2v) is 29.2. The Kier molecular flexibility index (Phi) is 66.1. The lowest BCUT2D eigenvalue weighted by Crippen LogP contribution is -2.45. The largest absolute Gasteiger partial charge is 0.472 e. The summed E-state index contributed by atoms with van der Waals surface area (Å²) in [6.07, 6.45) is 86.8. The molecule has 0 aliphatic heterocycles. The number of phosphoric ester groups is 1. The second-order valence-electron chi connectivity index (χ2n) is 27.7. The molecule has 0 saturated carbocycles. The zero-order chi connectivity index (χ0) is 61.2. The highest BCUT2D eigenvalue weighted by Gasteiger charge is 2.28. The predicted molar refractivity (Wildman–Crippen MR) is 369 cm³/mol. The number of aliphatic hydroxyl groups is 1. The Morgan fingerprint density at radius 3 is 0.881 bits per heavy atom. The van der Waals surface area contributed by atoms with Crippen LogP contribution in [0.15, 0.2) is 12.2 Å². The highest BCUT2D eigenvalue weighted by Crippen LogP contribution is 2.43. The molecule has 0 saturated heterocycles. The molecular formula is C75H152N2O6P+. The molecule has 9 heteroatoms. The van der Waals surface area contributed by atoms with Crippen LogP contribution >= 0.6 is 7.82 Å². The average Bonchev–Trinajstić information content (AvgIpc) is 3.56. The van der Waals surface area contributed by atoms with Crippen molar-refractivity contribution >= 4 is 13.7 Å². The minimum Gasteiger partial charge on any atom is -0.387 e. The van der Waals surface area contributed by atoms with Crippen molar-refractivity contribution in [3.63, 3.8) is 0 Å². The maximum absolute atomic E-state index is 13.1. The molecule has 0 rings (SSSR count). The number of aliphatic hydroxyl groups excluding tert-OH is 1. The molecule has 8 nitrogen and oxygen atoms in total. The summed E-state index contributed by atoms with van der Waals surface area (Å²) in [7, 11) is 1.60. The van der Waals surface area contributed by atoms with Gasteiger partial charge in [0.15, 0.2) is 0 Å². The van der Waals surface area contributed by atoms with Crippen molar-refractivity contribution in [1.29, 1.82) is 0 Å². The topological polar surface area (TPSA) is 105 Å². The van der Waals surface area contributed by atoms with Crippen molar-refractivity contribution in [1.82, 2.24) is 5.32 Å². The number of hydrogen-bond donors (Lipinski definition) is 3. The molecule has 3 atom stereocenters. The Bertz CT molecular complexity index is 1370. The number of carbonyl (C=O) groups excluding carboxylic acids is 1. The first-order chi connectivity index (χ1) is 41.0. The smallest absolute Gasteiger partial charge is 0.387 e. The van der Waals surface area contributed by atoms with Crippen LogP contribution in [-0.4, -0.2) is 73.4 Å². The summed E-state index contributed by atoms with van der Waals surface area (Å²) in [5.41, 5.74) is 0. The van der Waals surface area contributed by atoms with Crippen LogP contribution in [0.2, 0.25) is 0 Å². The van der Waals surface area contributed by atoms with Crippen molar-refractivity contribution in [3.05, 3.63) is 12.2 Å². The summed E-state index contributed by atoms with van der Waals surface area (Å²) in [6, 6.07) is -0.844. The van der Waals surface area contributed by atoms with Crippen LogP contribution < -0.4 is 5.32 Å². The zero-order valence-corrected chi connectivity index (χ0v) is 58.6. The average molecular weight is 1210 g/mol. The molecule has 1 amide bonds. The number of amides is 1. The van der Waals surface area contributed by atoms with Gasteiger partial charge in [0.1, 0.15) is 13.2 Å². The van der Waals surface area contributed by atoms with Crippen LogP contribution in [0.1, 0.15) is 412 Å². The number of nitrogens with zero attached hydrogens (tertiary/aromatic N) is 1. The van der Waals surface area contributed by atoms with E-state index in [-0.39, 0.29) is 19.1 Å². The Hall–Kier alpha value is -0.760. The third-order valence-electron chi connectivity index (χ3n) is 18.0. The normalized spacial score (nSPS) is 13.6. The highest BCUT2D eigenvalue weighted by atomic mass is 31.2. The van der Waals surface area contributed by atoms with Gasteiger partial charge in [-0.25, -0.2) is 4.57 Å². The van der Waals surface area contributed by atoms with Gasteiger partial charge in [0.2, 0.25) is 5.91 Å². The molecule has 84 heavy (non-hydrogen) atoms. The zero-order valence-electron chi connectivity index (χ0n) is 57.7. The number of unbranched alkanes of at least 4 members (excludes halogenated alkanes) is 59. The molecule has 0 spiro atoms. The number of quaternary nitrogens is 1. The minimum absolute atomic E-state index is 0.0656. The van der Waals surface area contributed by atoms with Crippen LogP contribution in [0.25, 0.3) is 0 Å². The molecule has 502 valence electrons. The van der Waals surface area contributed by atoms with Crippen LogP contribution in [0.4, 0.5) is 0 Å². The van der Waals surface area contributed by atoms with Crippen molar-refractivity contribution < 1.29 is 32.9 Å². The van der Waals surface area contributed by atoms with Crippen molar-refractivity contribution in [2.24, 2.45) is 0 Å². The third kappa shape index (κ3) is 68.7. The molecule has 0 aromatic heterocycles. The summed E-state index contributed by atoms with van der Waals surface area (Å²) in [5.74, 6) is -0.166. The van der Waals surface area contributed by atoms with E-state index in [1.807, 2.05) is 27.2 Å². The molecule has 0 aromatic carbocycles. The lowest BCUT2D eigenvalue weighted by atomic mass is 10.0. The number of allylic oxidation sites excluding steroid dienone is 1. The minimum atomic E-state index is -4.35. The molecular weight excluding hydrogens is 1060 g/mol. The number of rotatable bonds is 72. The van der Waals surface area contributed by atoms with Gasteiger partial charge in [0.25, 0.3) is 0 Å². The van der Waals surface area contributed by atoms with Gasteiger partial charge in [-0.15, -0.1) is 0 Å². The van der Waals surface area contributed by atoms with Gasteiger partial charge in [-0.05, 0) is 19.3 Å². The summed E-state index contributed by atoms with van der Waals surface area (Å²) in [4.78, 5) is 23.5. The highest BCUT2D eigenvalue weighted by molar-refractivity contribution is 7.47. The van der Waals surface area contributed by atoms with Crippen LogP contribution in [0.5, 0.6) is 0 Å². The van der Waals surface area contributed by atoms with Crippen molar-refractivity contribution in [3.8, 4) is 0 Å². The van der Waals surface area contributed by atoms with Gasteiger partial charge in [-0.2, -0.15) is 0 Å². The van der Waals surface area contributed by atoms with Crippen LogP contribution in [0, 0.1) is 0 Å². The van der Waals surface area contributed by atoms with Crippen LogP contribution in [-0.2, 0) is 18.4 Å². The summed E-state index contributed by atoms with van der Waals surface area (Å²) < 4.78 is 23.9. The Balaban J connectivity index is 3.97. The Morgan fingerprint density at radius 1 is 0.393 bits per heavy atom. The predicted octanol–water partition coefficient (Wildman–Crippen LogP) is 24.5. The molecule has 3 N–H and O–H groups in total. The number of hydrogen-bond acceptors (Lipinski definition) is 5. The lowest BCUT2D eigenvalue weighted by Gasteiger charge is -2.25. The maximum atomic E-state index is 13.1. The molecule has 0 fully saturated rings. The molecule has 0 heterocycles. The number of phosphoric acid groups is 1. The maximum Gasteiger partial charge on any atom is 0.472 e. The number of likely N-dealkylation sites (N-methyl/N-ethyl adjacent to an activating group) is 1. The summed E-state index contributed by atoms with van der Waals surface area (Å²) in [5, 5.41) is 14.0. The first-order valence-corrected chi connectivity index (χ1v) is 39.6. The van der Waals surface area contributed by atoms with E-state index < -0.39 is 20.0 Å². The second kappa shape index (κ2) is 66.7. The Morgan fingerprint density at radius 2 is 0.631 bits per heavy atom. The monoisotopic (exact) mass is 1210 g/mol. The summed E-state index contributed by atoms with van der Waals surface area (Å²) >= 11 is 0. The van der Waals surface area contributed by atoms with Gasteiger partial charge >= 0.3 is 7.82 Å². The molecule has 0 aliphatic rings. The van der Waals surface area contributed by atoms with Gasteiger partial charge in [-0.3, -0.25) is 13.8 Å². The first-order valence-electron chi connectivity index (χ1n) is 38.1. The van der Waals surface area contributed by atoms with Gasteiger partial charge in [-0.1, -0.05) is 398 Å². The van der Waals surface area contributed by atoms with E-state index in [0.29, 0.717) is 17.4 Å². The summed E-state index contributed by atoms with van der Waals surface area (Å²) in [6.45, 7) is 4.90. The molecule has 0 bridgehead atoms. The third-order valence-corrected chi connectivity index (χ3v) is 19.0. The van der Waals surface area contributed by atoms with E-state index in [0.717, 1.165) is 32.1 Å². The number of nitrogens with one attached hydrogen (secondary N) is 1. The molecule has 0 aliphatic carbocycles. The molecule has 0 radical (unpaired) electrons. The van der Waals surface area contributed by atoms with Gasteiger partial charge < -0.3 is 19.8 Å². The van der Waals surface area contributed by atoms with E-state index in [1.54, 1.807) is 6.08 Å². The molecule has 0 aromatic rings. The van der Waals surface area contributed by atoms with E-state index >= 15 is 0 Å². The fraction of sp³-hybridized carbons (Fsp3) is 0.960. The van der Waals surface area contributed by atoms with E-state index in [2.05, 4.69) is 19.2 Å². The number of carbonyl (C=O) groups is 1. The first kappa shape index (κ1) is 83.2. The SMILES string of the molecule is CCCCCCCCCCCCCCCCCCCCCCCCCCCCC/C=C/C(O)C(COP(=O)(O)OCC[N+](C)(C)C)NC(=O)CCCCCCCCCCCCCCCCCCCCCCCCCCCCCCCCCCC. The van der Waals surface area contributed by atoms with E-state index in [1.165, 1.54) is 360 Å². The standard InChI is InChI=1S/C75H151N2O6P/c1-6-8-10-12-14-16-18-20-22-24-26-28-30-32-34-36-37-38-39-41-43-45-47-49-51-53-55-57-59-61-63-65-67-69-75(79)76-73(72-83-84(80,81)82-71-70-77(3,4)5)74(78)68-66-64-62-60-58-56-54-52-50-48-46-44-42-40-35-33-31-29-27-25-23-21-19-17-15-13-11-9-7-2/h66,68,73-74,78H,6-65,67,69-72H2,1-5H3,(H-,76,79,80,81)/p+1/b68-66+. The van der Waals surface area contributed by atoms with Crippen molar-refractivity contribution in [2.75, 3.05) is 40.9 Å². The quantitative estimate of drug-likeness (QED) is 0.0243.